The maximum Gasteiger partial charge on any atom is 0.234 e. The molecular weight excluding hydrogens is 382 g/mol. The Balaban J connectivity index is 2.86. The molecule has 1 fully saturated rings. The molecule has 1 aliphatic heterocycles. The topological polar surface area (TPSA) is 92.9 Å². The fourth-order valence-corrected chi connectivity index (χ4v) is 5.69. The Morgan fingerprint density at radius 1 is 1.26 bits per heavy atom. The summed E-state index contributed by atoms with van der Waals surface area (Å²) in [5.41, 5.74) is 5.19. The first kappa shape index (κ1) is 24.6. The van der Waals surface area contributed by atoms with Gasteiger partial charge in [-0.1, -0.05) is 20.8 Å². The number of amides is 1. The van der Waals surface area contributed by atoms with Crippen molar-refractivity contribution in [1.29, 1.82) is 0 Å². The quantitative estimate of drug-likeness (QED) is 0.575. The van der Waals surface area contributed by atoms with Gasteiger partial charge in [-0.3, -0.25) is 4.79 Å². The van der Waals surface area contributed by atoms with Crippen molar-refractivity contribution in [2.75, 3.05) is 32.0 Å². The van der Waals surface area contributed by atoms with Crippen LogP contribution in [0, 0.1) is 0 Å². The lowest BCUT2D eigenvalue weighted by Gasteiger charge is -2.40. The minimum Gasteiger partial charge on any atom is -0.415 e. The van der Waals surface area contributed by atoms with Crippen LogP contribution in [0.1, 0.15) is 47.5 Å². The summed E-state index contributed by atoms with van der Waals surface area (Å²) in [6.45, 7) is 17.4. The van der Waals surface area contributed by atoms with E-state index in [4.69, 9.17) is 10.2 Å². The lowest BCUT2D eigenvalue weighted by atomic mass is 10.0. The molecule has 0 saturated carbocycles. The second-order valence-corrected chi connectivity index (χ2v) is 16.0. The molecule has 0 aromatic heterocycles. The number of carbonyl (C=O) groups is 1. The molecule has 1 heterocycles. The van der Waals surface area contributed by atoms with Crippen LogP contribution in [0.3, 0.4) is 0 Å². The first-order valence-electron chi connectivity index (χ1n) is 9.83. The SMILES string of the molecule is CC(C)N1CCC(N(CCO[Si](C)(C)C(C)(C)C)S(=O)(=O)CC(N)=O)CC1. The molecule has 0 aliphatic carbocycles. The normalized spacial score (nSPS) is 18.4. The number of hydrogen-bond acceptors (Lipinski definition) is 5. The van der Waals surface area contributed by atoms with Crippen molar-refractivity contribution in [3.63, 3.8) is 0 Å². The predicted octanol–water partition coefficient (Wildman–Crippen LogP) is 2.00. The molecule has 2 N–H and O–H groups in total. The first-order chi connectivity index (χ1) is 12.2. The van der Waals surface area contributed by atoms with Gasteiger partial charge in [-0.05, 0) is 57.9 Å². The maximum absolute atomic E-state index is 12.8. The van der Waals surface area contributed by atoms with Crippen LogP contribution >= 0.6 is 0 Å². The van der Waals surface area contributed by atoms with Gasteiger partial charge in [-0.25, -0.2) is 8.42 Å². The van der Waals surface area contributed by atoms with E-state index < -0.39 is 30.0 Å². The van der Waals surface area contributed by atoms with Crippen molar-refractivity contribution in [2.24, 2.45) is 5.73 Å². The Morgan fingerprint density at radius 3 is 2.19 bits per heavy atom. The van der Waals surface area contributed by atoms with Gasteiger partial charge in [0.05, 0.1) is 0 Å². The summed E-state index contributed by atoms with van der Waals surface area (Å²) in [7, 11) is -5.70. The van der Waals surface area contributed by atoms with E-state index in [9.17, 15) is 13.2 Å². The average molecular weight is 422 g/mol. The Morgan fingerprint density at radius 2 is 1.78 bits per heavy atom. The van der Waals surface area contributed by atoms with Gasteiger partial charge in [-0.2, -0.15) is 4.31 Å². The standard InChI is InChI=1S/C18H39N3O4SSi/c1-15(2)20-10-8-16(9-11-20)21(26(23,24)14-17(19)22)12-13-25-27(6,7)18(3,4)5/h15-16H,8-14H2,1-7H3,(H2,19,22). The second-order valence-electron chi connectivity index (χ2n) is 9.30. The van der Waals surface area contributed by atoms with Crippen molar-refractivity contribution in [1.82, 2.24) is 9.21 Å². The van der Waals surface area contributed by atoms with Gasteiger partial charge in [0.1, 0.15) is 5.75 Å². The number of rotatable bonds is 9. The molecule has 0 aromatic carbocycles. The molecular formula is C18H39N3O4SSi. The number of sulfonamides is 1. The Labute approximate surface area is 166 Å². The van der Waals surface area contributed by atoms with E-state index >= 15 is 0 Å². The van der Waals surface area contributed by atoms with E-state index in [-0.39, 0.29) is 17.6 Å². The van der Waals surface area contributed by atoms with Crippen molar-refractivity contribution in [3.05, 3.63) is 0 Å². The van der Waals surface area contributed by atoms with Crippen LogP contribution in [0.4, 0.5) is 0 Å². The third-order valence-electron chi connectivity index (χ3n) is 5.90. The smallest absolute Gasteiger partial charge is 0.234 e. The van der Waals surface area contributed by atoms with Gasteiger partial charge in [-0.15, -0.1) is 0 Å². The number of carbonyl (C=O) groups excluding carboxylic acids is 1. The Kier molecular flexibility index (Phi) is 8.50. The van der Waals surface area contributed by atoms with E-state index in [0.29, 0.717) is 12.6 Å². The summed E-state index contributed by atoms with van der Waals surface area (Å²) in [6.07, 6.45) is 1.52. The highest BCUT2D eigenvalue weighted by Gasteiger charge is 2.38. The minimum absolute atomic E-state index is 0.0620. The molecule has 7 nitrogen and oxygen atoms in total. The van der Waals surface area contributed by atoms with Crippen molar-refractivity contribution in [3.8, 4) is 0 Å². The summed E-state index contributed by atoms with van der Waals surface area (Å²) in [5, 5.41) is 0.0620. The van der Waals surface area contributed by atoms with Gasteiger partial charge in [0.15, 0.2) is 8.32 Å². The highest BCUT2D eigenvalue weighted by molar-refractivity contribution is 7.89. The number of primary amides is 1. The molecule has 1 aliphatic rings. The average Bonchev–Trinajstić information content (AvgIpc) is 2.49. The van der Waals surface area contributed by atoms with E-state index in [0.717, 1.165) is 25.9 Å². The lowest BCUT2D eigenvalue weighted by Crippen LogP contribution is -2.52. The van der Waals surface area contributed by atoms with E-state index in [1.807, 2.05) is 0 Å². The summed E-state index contributed by atoms with van der Waals surface area (Å²) in [5.74, 6) is -1.46. The number of nitrogens with zero attached hydrogens (tertiary/aromatic N) is 2. The fourth-order valence-electron chi connectivity index (χ4n) is 3.11. The molecule has 9 heteroatoms. The molecule has 0 aromatic rings. The Bertz CT molecular complexity index is 594. The molecule has 0 bridgehead atoms. The van der Waals surface area contributed by atoms with Crippen LogP contribution in [0.15, 0.2) is 0 Å². The number of hydrogen-bond donors (Lipinski definition) is 1. The van der Waals surface area contributed by atoms with Crippen LogP contribution in [0.5, 0.6) is 0 Å². The van der Waals surface area contributed by atoms with Gasteiger partial charge < -0.3 is 15.1 Å². The third kappa shape index (κ3) is 7.12. The summed E-state index contributed by atoms with van der Waals surface area (Å²) >= 11 is 0. The van der Waals surface area contributed by atoms with Crippen molar-refractivity contribution < 1.29 is 17.6 Å². The van der Waals surface area contributed by atoms with Crippen LogP contribution in [-0.4, -0.2) is 75.9 Å². The summed E-state index contributed by atoms with van der Waals surface area (Å²) < 4.78 is 33.2. The van der Waals surface area contributed by atoms with Crippen LogP contribution in [0.2, 0.25) is 18.1 Å². The second kappa shape index (κ2) is 9.34. The van der Waals surface area contributed by atoms with Crippen LogP contribution in [-0.2, 0) is 19.2 Å². The molecule has 160 valence electrons. The van der Waals surface area contributed by atoms with Gasteiger partial charge in [0.25, 0.3) is 0 Å². The van der Waals surface area contributed by atoms with Crippen molar-refractivity contribution in [2.45, 2.75) is 77.7 Å². The molecule has 27 heavy (non-hydrogen) atoms. The number of piperidine rings is 1. The van der Waals surface area contributed by atoms with Gasteiger partial charge >= 0.3 is 0 Å². The lowest BCUT2D eigenvalue weighted by molar-refractivity contribution is -0.115. The van der Waals surface area contributed by atoms with Crippen LogP contribution in [0.25, 0.3) is 0 Å². The predicted molar refractivity (Wildman–Crippen MR) is 113 cm³/mol. The van der Waals surface area contributed by atoms with Crippen LogP contribution < -0.4 is 5.73 Å². The maximum atomic E-state index is 12.8. The molecule has 0 atom stereocenters. The molecule has 0 radical (unpaired) electrons. The van der Waals surface area contributed by atoms with Gasteiger partial charge in [0, 0.05) is 25.2 Å². The molecule has 0 unspecified atom stereocenters. The highest BCUT2D eigenvalue weighted by Crippen LogP contribution is 2.36. The first-order valence-corrected chi connectivity index (χ1v) is 14.3. The summed E-state index contributed by atoms with van der Waals surface area (Å²) in [4.78, 5) is 13.6. The van der Waals surface area contributed by atoms with E-state index in [1.54, 1.807) is 0 Å². The van der Waals surface area contributed by atoms with E-state index in [2.05, 4.69) is 52.6 Å². The zero-order chi connectivity index (χ0) is 21.0. The van der Waals surface area contributed by atoms with Gasteiger partial charge in [0.2, 0.25) is 15.9 Å². The minimum atomic E-state index is -3.74. The third-order valence-corrected chi connectivity index (χ3v) is 12.3. The van der Waals surface area contributed by atoms with Crippen molar-refractivity contribution >= 4 is 24.2 Å². The molecule has 1 saturated heterocycles. The zero-order valence-corrected chi connectivity index (χ0v) is 19.9. The number of likely N-dealkylation sites (tertiary alicyclic amines) is 1. The van der Waals surface area contributed by atoms with E-state index in [1.165, 1.54) is 4.31 Å². The monoisotopic (exact) mass is 421 g/mol. The molecule has 1 rings (SSSR count). The molecule has 1 amide bonds. The largest absolute Gasteiger partial charge is 0.415 e. The fraction of sp³-hybridized carbons (Fsp3) is 0.944. The Hall–Kier alpha value is -0.483. The molecule has 0 spiro atoms. The number of nitrogens with two attached hydrogens (primary N) is 1. The summed E-state index contributed by atoms with van der Waals surface area (Å²) in [6, 6.07) is 0.343. The highest BCUT2D eigenvalue weighted by atomic mass is 32.2. The zero-order valence-electron chi connectivity index (χ0n) is 18.1.